The van der Waals surface area contributed by atoms with Crippen LogP contribution >= 0.6 is 7.37 Å². The second kappa shape index (κ2) is 15.7. The molecule has 0 aliphatic heterocycles. The Balaban J connectivity index is 1.81. The van der Waals surface area contributed by atoms with Gasteiger partial charge in [0.1, 0.15) is 6.61 Å². The minimum absolute atomic E-state index is 0.0356. The average molecular weight is 571 g/mol. The zero-order valence-electron chi connectivity index (χ0n) is 21.5. The molecule has 2 rings (SSSR count). The van der Waals surface area contributed by atoms with E-state index < -0.39 is 62.3 Å². The van der Waals surface area contributed by atoms with E-state index in [0.29, 0.717) is 0 Å². The summed E-state index contributed by atoms with van der Waals surface area (Å²) in [4.78, 5) is 45.3. The largest absolute Gasteiger partial charge is 0.493 e. The first kappa shape index (κ1) is 31.5. The lowest BCUT2D eigenvalue weighted by Crippen LogP contribution is -2.28. The number of halogens is 1. The fourth-order valence-electron chi connectivity index (χ4n) is 3.19. The molecule has 0 bridgehead atoms. The number of benzene rings is 2. The standard InChI is InChI=1S/C25H31FNO11P/c1-3-35-22(29)15-36-23-19(26)12-18(13-20(23)34-2)24(30)39(32,33)11-7-10-21(28)38-16-27-25(31)37-14-17-8-5-4-6-9-17/h4-6,8-9,12-13,24,30H,3,7,10-11,14-16H2,1-2H3,(H,27,31)(H,32,33)/t24-/m0/s1. The van der Waals surface area contributed by atoms with Gasteiger partial charge >= 0.3 is 18.0 Å². The number of hydrogen-bond donors (Lipinski definition) is 3. The van der Waals surface area contributed by atoms with E-state index in [4.69, 9.17) is 23.7 Å². The topological polar surface area (TPSA) is 167 Å². The van der Waals surface area contributed by atoms with Crippen molar-refractivity contribution in [1.29, 1.82) is 0 Å². The zero-order valence-corrected chi connectivity index (χ0v) is 22.4. The van der Waals surface area contributed by atoms with E-state index in [2.05, 4.69) is 5.32 Å². The Morgan fingerprint density at radius 1 is 1.08 bits per heavy atom. The van der Waals surface area contributed by atoms with E-state index in [-0.39, 0.29) is 37.4 Å². The molecule has 0 radical (unpaired) electrons. The Kier molecular flexibility index (Phi) is 12.7. The van der Waals surface area contributed by atoms with Gasteiger partial charge in [0.05, 0.1) is 13.7 Å². The number of nitrogens with one attached hydrogen (secondary N) is 1. The van der Waals surface area contributed by atoms with Crippen molar-refractivity contribution in [3.05, 3.63) is 59.4 Å². The minimum atomic E-state index is -4.33. The van der Waals surface area contributed by atoms with Gasteiger partial charge in [0.15, 0.2) is 36.5 Å². The number of carbonyl (C=O) groups excluding carboxylic acids is 3. The summed E-state index contributed by atoms with van der Waals surface area (Å²) in [5.41, 5.74) is 0.513. The van der Waals surface area contributed by atoms with Gasteiger partial charge in [0, 0.05) is 12.6 Å². The summed E-state index contributed by atoms with van der Waals surface area (Å²) in [7, 11) is -3.14. The molecule has 1 unspecified atom stereocenters. The summed E-state index contributed by atoms with van der Waals surface area (Å²) in [6, 6.07) is 10.8. The van der Waals surface area contributed by atoms with Gasteiger partial charge < -0.3 is 33.7 Å². The lowest BCUT2D eigenvalue weighted by Gasteiger charge is -2.20. The number of esters is 2. The number of hydrogen-bond acceptors (Lipinski definition) is 10. The molecule has 0 spiro atoms. The molecule has 0 saturated carbocycles. The van der Waals surface area contributed by atoms with Crippen molar-refractivity contribution in [3.63, 3.8) is 0 Å². The Labute approximate surface area is 224 Å². The number of rotatable bonds is 15. The van der Waals surface area contributed by atoms with Gasteiger partial charge in [-0.25, -0.2) is 14.0 Å². The Morgan fingerprint density at radius 3 is 2.46 bits per heavy atom. The van der Waals surface area contributed by atoms with E-state index in [9.17, 15) is 33.3 Å². The highest BCUT2D eigenvalue weighted by atomic mass is 31.2. The molecule has 0 heterocycles. The van der Waals surface area contributed by atoms with Crippen LogP contribution in [0.3, 0.4) is 0 Å². The Hall–Kier alpha value is -3.67. The first-order valence-corrected chi connectivity index (χ1v) is 13.7. The van der Waals surface area contributed by atoms with Gasteiger partial charge in [-0.05, 0) is 36.6 Å². The highest BCUT2D eigenvalue weighted by molar-refractivity contribution is 7.58. The number of amides is 1. The van der Waals surface area contributed by atoms with Gasteiger partial charge in [-0.1, -0.05) is 30.3 Å². The molecular formula is C25H31FNO11P. The predicted octanol–water partition coefficient (Wildman–Crippen LogP) is 3.24. The van der Waals surface area contributed by atoms with E-state index >= 15 is 0 Å². The SMILES string of the molecule is CCOC(=O)COc1c(F)cc([C@@H](O)P(=O)(O)CCCC(=O)OCNC(=O)OCc2ccccc2)cc1OC. The molecule has 3 N–H and O–H groups in total. The zero-order chi connectivity index (χ0) is 28.8. The summed E-state index contributed by atoms with van der Waals surface area (Å²) in [6.07, 6.45) is -1.70. The third kappa shape index (κ3) is 10.5. The summed E-state index contributed by atoms with van der Waals surface area (Å²) in [5, 5.41) is 12.7. The average Bonchev–Trinajstić information content (AvgIpc) is 2.91. The number of carbonyl (C=O) groups is 3. The number of aliphatic hydroxyl groups is 1. The van der Waals surface area contributed by atoms with Crippen LogP contribution in [0.5, 0.6) is 11.5 Å². The summed E-state index contributed by atoms with van der Waals surface area (Å²) >= 11 is 0. The molecule has 0 aliphatic carbocycles. The van der Waals surface area contributed by atoms with Gasteiger partial charge in [-0.3, -0.25) is 14.7 Å². The molecule has 14 heteroatoms. The molecule has 1 amide bonds. The number of ether oxygens (including phenoxy) is 5. The predicted molar refractivity (Wildman–Crippen MR) is 135 cm³/mol. The van der Waals surface area contributed by atoms with Crippen LogP contribution in [0.15, 0.2) is 42.5 Å². The van der Waals surface area contributed by atoms with Crippen LogP contribution in [-0.4, -0.2) is 61.2 Å². The quantitative estimate of drug-likeness (QED) is 0.124. The Bertz CT molecular complexity index is 1160. The highest BCUT2D eigenvalue weighted by Gasteiger charge is 2.32. The number of aliphatic hydroxyl groups excluding tert-OH is 1. The van der Waals surface area contributed by atoms with Crippen LogP contribution in [0.25, 0.3) is 0 Å². The third-order valence-electron chi connectivity index (χ3n) is 5.09. The van der Waals surface area contributed by atoms with Gasteiger partial charge in [-0.2, -0.15) is 0 Å². The third-order valence-corrected chi connectivity index (χ3v) is 7.11. The molecule has 2 aromatic carbocycles. The second-order valence-corrected chi connectivity index (χ2v) is 10.4. The monoisotopic (exact) mass is 571 g/mol. The summed E-state index contributed by atoms with van der Waals surface area (Å²) < 4.78 is 51.9. The summed E-state index contributed by atoms with van der Waals surface area (Å²) in [6.45, 7) is 0.679. The molecule has 0 aromatic heterocycles. The maximum absolute atomic E-state index is 14.6. The van der Waals surface area contributed by atoms with E-state index in [1.54, 1.807) is 31.2 Å². The van der Waals surface area contributed by atoms with Crippen molar-refractivity contribution in [1.82, 2.24) is 5.32 Å². The van der Waals surface area contributed by atoms with Crippen molar-refractivity contribution < 1.29 is 57.0 Å². The normalized spacial score (nSPS) is 12.9. The molecular weight excluding hydrogens is 540 g/mol. The van der Waals surface area contributed by atoms with Gasteiger partial charge in [0.2, 0.25) is 7.37 Å². The first-order chi connectivity index (χ1) is 18.6. The van der Waals surface area contributed by atoms with Crippen molar-refractivity contribution in [2.75, 3.05) is 33.2 Å². The van der Waals surface area contributed by atoms with Crippen LogP contribution in [-0.2, 0) is 35.0 Å². The number of methoxy groups -OCH3 is 1. The molecule has 2 aromatic rings. The molecule has 214 valence electrons. The van der Waals surface area contributed by atoms with E-state index in [1.807, 2.05) is 6.07 Å². The lowest BCUT2D eigenvalue weighted by molar-refractivity contribution is -0.146. The van der Waals surface area contributed by atoms with Gasteiger partial charge in [-0.15, -0.1) is 0 Å². The number of alkyl carbamates (subject to hydrolysis) is 1. The minimum Gasteiger partial charge on any atom is -0.493 e. The van der Waals surface area contributed by atoms with Crippen LogP contribution in [0.1, 0.15) is 36.7 Å². The van der Waals surface area contributed by atoms with Crippen molar-refractivity contribution in [2.45, 2.75) is 32.2 Å². The fraction of sp³-hybridized carbons (Fsp3) is 0.400. The molecule has 0 aliphatic rings. The van der Waals surface area contributed by atoms with Crippen molar-refractivity contribution >= 4 is 25.4 Å². The van der Waals surface area contributed by atoms with Crippen molar-refractivity contribution in [3.8, 4) is 11.5 Å². The lowest BCUT2D eigenvalue weighted by atomic mass is 10.2. The molecule has 0 fully saturated rings. The van der Waals surface area contributed by atoms with E-state index in [0.717, 1.165) is 17.7 Å². The molecule has 0 saturated heterocycles. The molecule has 12 nitrogen and oxygen atoms in total. The fourth-order valence-corrected chi connectivity index (χ4v) is 4.66. The smallest absolute Gasteiger partial charge is 0.410 e. The maximum atomic E-state index is 14.6. The molecule has 39 heavy (non-hydrogen) atoms. The van der Waals surface area contributed by atoms with Crippen LogP contribution in [0.4, 0.5) is 9.18 Å². The van der Waals surface area contributed by atoms with E-state index in [1.165, 1.54) is 7.11 Å². The molecule has 2 atom stereocenters. The first-order valence-electron chi connectivity index (χ1n) is 11.8. The summed E-state index contributed by atoms with van der Waals surface area (Å²) in [5.74, 6) is -5.17. The maximum Gasteiger partial charge on any atom is 0.410 e. The van der Waals surface area contributed by atoms with Crippen LogP contribution in [0, 0.1) is 5.82 Å². The highest BCUT2D eigenvalue weighted by Crippen LogP contribution is 2.55. The Morgan fingerprint density at radius 2 is 1.79 bits per heavy atom. The van der Waals surface area contributed by atoms with Gasteiger partial charge in [0.25, 0.3) is 0 Å². The van der Waals surface area contributed by atoms with Crippen LogP contribution in [0.2, 0.25) is 0 Å². The van der Waals surface area contributed by atoms with Crippen molar-refractivity contribution in [2.24, 2.45) is 0 Å². The van der Waals surface area contributed by atoms with Crippen LogP contribution < -0.4 is 14.8 Å². The second-order valence-electron chi connectivity index (χ2n) is 7.98.